The topological polar surface area (TPSA) is 62.2 Å². The third kappa shape index (κ3) is 5.11. The molecular weight excluding hydrogens is 240 g/mol. The molecule has 0 fully saturated rings. The Hall–Kier alpha value is -1.86. The number of aromatic nitrogens is 1. The normalized spacial score (nSPS) is 9.89. The van der Waals surface area contributed by atoms with Gasteiger partial charge in [0.1, 0.15) is 11.5 Å². The number of hydrogen-bond acceptors (Lipinski definition) is 3. The molecule has 4 heteroatoms. The van der Waals surface area contributed by atoms with Crippen LogP contribution in [-0.2, 0) is 4.79 Å². The van der Waals surface area contributed by atoms with Gasteiger partial charge in [0.2, 0.25) is 5.91 Å². The van der Waals surface area contributed by atoms with E-state index in [1.165, 1.54) is 0 Å². The zero-order chi connectivity index (χ0) is 14.1. The highest BCUT2D eigenvalue weighted by molar-refractivity contribution is 5.91. The van der Waals surface area contributed by atoms with Gasteiger partial charge in [-0.2, -0.15) is 0 Å². The van der Waals surface area contributed by atoms with E-state index in [1.54, 1.807) is 18.2 Å². The second kappa shape index (κ2) is 8.28. The van der Waals surface area contributed by atoms with Gasteiger partial charge >= 0.3 is 0 Å². The van der Waals surface area contributed by atoms with Gasteiger partial charge in [0.15, 0.2) is 0 Å². The number of aliphatic hydroxyl groups is 1. The summed E-state index contributed by atoms with van der Waals surface area (Å²) in [7, 11) is 0. The lowest BCUT2D eigenvalue weighted by Gasteiger charge is -2.12. The smallest absolute Gasteiger partial charge is 0.228 e. The predicted molar refractivity (Wildman–Crippen MR) is 75.5 cm³/mol. The minimum atomic E-state index is -0.00188. The van der Waals surface area contributed by atoms with Crippen LogP contribution >= 0.6 is 0 Å². The van der Waals surface area contributed by atoms with Crippen LogP contribution < -0.4 is 5.32 Å². The maximum atomic E-state index is 11.9. The SMILES string of the molecule is CCC(CC)C(=O)Nc1cccc(C#CCCO)n1. The second-order valence-corrected chi connectivity index (χ2v) is 4.19. The molecular formula is C15H20N2O2. The predicted octanol–water partition coefficient (Wildman–Crippen LogP) is 2.19. The van der Waals surface area contributed by atoms with Crippen LogP contribution in [0.15, 0.2) is 18.2 Å². The Morgan fingerprint density at radius 3 is 2.79 bits per heavy atom. The number of carbonyl (C=O) groups is 1. The van der Waals surface area contributed by atoms with Crippen molar-refractivity contribution in [2.24, 2.45) is 5.92 Å². The average Bonchev–Trinajstić information content (AvgIpc) is 2.41. The number of anilines is 1. The Morgan fingerprint density at radius 2 is 2.16 bits per heavy atom. The number of amides is 1. The highest BCUT2D eigenvalue weighted by atomic mass is 16.2. The molecule has 4 nitrogen and oxygen atoms in total. The summed E-state index contributed by atoms with van der Waals surface area (Å²) in [6, 6.07) is 5.33. The summed E-state index contributed by atoms with van der Waals surface area (Å²) in [4.78, 5) is 16.2. The lowest BCUT2D eigenvalue weighted by Crippen LogP contribution is -2.22. The summed E-state index contributed by atoms with van der Waals surface area (Å²) < 4.78 is 0. The summed E-state index contributed by atoms with van der Waals surface area (Å²) in [5, 5.41) is 11.5. The molecule has 0 bridgehead atoms. The van der Waals surface area contributed by atoms with Crippen LogP contribution in [-0.4, -0.2) is 22.6 Å². The average molecular weight is 260 g/mol. The van der Waals surface area contributed by atoms with Crippen LogP contribution in [0.2, 0.25) is 0 Å². The van der Waals surface area contributed by atoms with Gasteiger partial charge in [-0.3, -0.25) is 4.79 Å². The molecule has 0 aliphatic carbocycles. The van der Waals surface area contributed by atoms with E-state index in [2.05, 4.69) is 22.1 Å². The molecule has 1 aromatic rings. The van der Waals surface area contributed by atoms with E-state index < -0.39 is 0 Å². The summed E-state index contributed by atoms with van der Waals surface area (Å²) in [6.45, 7) is 4.04. The molecule has 0 aliphatic heterocycles. The Morgan fingerprint density at radius 1 is 1.42 bits per heavy atom. The van der Waals surface area contributed by atoms with Gasteiger partial charge in [-0.1, -0.05) is 25.8 Å². The van der Waals surface area contributed by atoms with Gasteiger partial charge in [0.05, 0.1) is 6.61 Å². The van der Waals surface area contributed by atoms with Crippen molar-refractivity contribution in [1.29, 1.82) is 0 Å². The van der Waals surface area contributed by atoms with Gasteiger partial charge in [-0.05, 0) is 30.9 Å². The molecule has 0 radical (unpaired) electrons. The highest BCUT2D eigenvalue weighted by Crippen LogP contribution is 2.11. The number of pyridine rings is 1. The largest absolute Gasteiger partial charge is 0.395 e. The van der Waals surface area contributed by atoms with E-state index in [0.717, 1.165) is 12.8 Å². The first-order valence-corrected chi connectivity index (χ1v) is 6.58. The zero-order valence-electron chi connectivity index (χ0n) is 11.4. The molecule has 0 unspecified atom stereocenters. The van der Waals surface area contributed by atoms with Gasteiger partial charge < -0.3 is 10.4 Å². The summed E-state index contributed by atoms with van der Waals surface area (Å²) >= 11 is 0. The van der Waals surface area contributed by atoms with Crippen molar-refractivity contribution in [3.05, 3.63) is 23.9 Å². The van der Waals surface area contributed by atoms with E-state index in [0.29, 0.717) is 17.9 Å². The minimum Gasteiger partial charge on any atom is -0.395 e. The number of nitrogens with one attached hydrogen (secondary N) is 1. The third-order valence-electron chi connectivity index (χ3n) is 2.81. The molecule has 1 amide bonds. The fourth-order valence-corrected chi connectivity index (χ4v) is 1.67. The molecule has 0 aromatic carbocycles. The van der Waals surface area contributed by atoms with Crippen molar-refractivity contribution in [3.8, 4) is 11.8 Å². The van der Waals surface area contributed by atoms with Crippen molar-refractivity contribution in [3.63, 3.8) is 0 Å². The number of rotatable bonds is 5. The van der Waals surface area contributed by atoms with Crippen molar-refractivity contribution >= 4 is 11.7 Å². The number of aliphatic hydroxyl groups excluding tert-OH is 1. The quantitative estimate of drug-likeness (QED) is 0.798. The molecule has 102 valence electrons. The summed E-state index contributed by atoms with van der Waals surface area (Å²) in [5.74, 6) is 6.18. The molecule has 1 heterocycles. The molecule has 0 saturated heterocycles. The molecule has 0 spiro atoms. The van der Waals surface area contributed by atoms with E-state index >= 15 is 0 Å². The molecule has 0 atom stereocenters. The lowest BCUT2D eigenvalue weighted by molar-refractivity contribution is -0.120. The summed E-state index contributed by atoms with van der Waals surface area (Å²) in [6.07, 6.45) is 2.06. The van der Waals surface area contributed by atoms with Gasteiger partial charge in [0, 0.05) is 12.3 Å². The van der Waals surface area contributed by atoms with E-state index in [4.69, 9.17) is 5.11 Å². The van der Waals surface area contributed by atoms with Crippen molar-refractivity contribution in [2.75, 3.05) is 11.9 Å². The first kappa shape index (κ1) is 15.2. The minimum absolute atomic E-state index is 0.00188. The molecule has 19 heavy (non-hydrogen) atoms. The standard InChI is InChI=1S/C15H20N2O2/c1-3-12(4-2)15(19)17-14-10-7-9-13(16-14)8-5-6-11-18/h7,9-10,12,18H,3-4,6,11H2,1-2H3,(H,16,17,19). The van der Waals surface area contributed by atoms with Crippen molar-refractivity contribution in [2.45, 2.75) is 33.1 Å². The number of nitrogens with zero attached hydrogens (tertiary/aromatic N) is 1. The molecule has 1 rings (SSSR count). The fraction of sp³-hybridized carbons (Fsp3) is 0.467. The first-order valence-electron chi connectivity index (χ1n) is 6.58. The van der Waals surface area contributed by atoms with Crippen LogP contribution in [0.4, 0.5) is 5.82 Å². The number of carbonyl (C=O) groups excluding carboxylic acids is 1. The monoisotopic (exact) mass is 260 g/mol. The Kier molecular flexibility index (Phi) is 6.62. The Labute approximate surface area is 114 Å². The fourth-order valence-electron chi connectivity index (χ4n) is 1.67. The third-order valence-corrected chi connectivity index (χ3v) is 2.81. The second-order valence-electron chi connectivity index (χ2n) is 4.19. The molecule has 0 aliphatic rings. The van der Waals surface area contributed by atoms with Gasteiger partial charge in [0.25, 0.3) is 0 Å². The molecule has 2 N–H and O–H groups in total. The first-order chi connectivity index (χ1) is 9.21. The maximum absolute atomic E-state index is 11.9. The Bertz CT molecular complexity index is 471. The van der Waals surface area contributed by atoms with Crippen LogP contribution in [0.1, 0.15) is 38.8 Å². The maximum Gasteiger partial charge on any atom is 0.228 e. The number of hydrogen-bond donors (Lipinski definition) is 2. The van der Waals surface area contributed by atoms with Crippen LogP contribution in [0, 0.1) is 17.8 Å². The van der Waals surface area contributed by atoms with Crippen LogP contribution in [0.25, 0.3) is 0 Å². The molecule has 0 saturated carbocycles. The van der Waals surface area contributed by atoms with Gasteiger partial charge in [-0.15, -0.1) is 0 Å². The van der Waals surface area contributed by atoms with Gasteiger partial charge in [-0.25, -0.2) is 4.98 Å². The summed E-state index contributed by atoms with van der Waals surface area (Å²) in [5.41, 5.74) is 0.593. The highest BCUT2D eigenvalue weighted by Gasteiger charge is 2.14. The van der Waals surface area contributed by atoms with E-state index in [-0.39, 0.29) is 18.4 Å². The lowest BCUT2D eigenvalue weighted by atomic mass is 10.0. The van der Waals surface area contributed by atoms with Crippen molar-refractivity contribution in [1.82, 2.24) is 4.98 Å². The van der Waals surface area contributed by atoms with Crippen LogP contribution in [0.3, 0.4) is 0 Å². The zero-order valence-corrected chi connectivity index (χ0v) is 11.4. The molecule has 1 aromatic heterocycles. The van der Waals surface area contributed by atoms with E-state index in [9.17, 15) is 4.79 Å². The van der Waals surface area contributed by atoms with Crippen molar-refractivity contribution < 1.29 is 9.90 Å². The Balaban J connectivity index is 2.72. The van der Waals surface area contributed by atoms with E-state index in [1.807, 2.05) is 13.8 Å². The van der Waals surface area contributed by atoms with Crippen LogP contribution in [0.5, 0.6) is 0 Å².